The maximum atomic E-state index is 9.00. The largest absolute Gasteiger partial charge is 0.514 e. The van der Waals surface area contributed by atoms with E-state index in [4.69, 9.17) is 20.3 Å². The molecular weight excluding hydrogens is 241 g/mol. The van der Waals surface area contributed by atoms with Crippen molar-refractivity contribution >= 4 is 12.7 Å². The second-order valence-corrected chi connectivity index (χ2v) is 5.69. The van der Waals surface area contributed by atoms with Crippen LogP contribution in [0.1, 0.15) is 39.0 Å². The Morgan fingerprint density at radius 3 is 2.32 bits per heavy atom. The molecule has 6 heteroatoms. The molecule has 1 aliphatic heterocycles. The van der Waals surface area contributed by atoms with Gasteiger partial charge in [-0.15, -0.1) is 0 Å². The highest BCUT2D eigenvalue weighted by molar-refractivity contribution is 6.61. The van der Waals surface area contributed by atoms with E-state index in [2.05, 4.69) is 4.98 Å². The van der Waals surface area contributed by atoms with Crippen LogP contribution in [0.4, 0.5) is 0 Å². The van der Waals surface area contributed by atoms with Crippen LogP contribution in [0.3, 0.4) is 0 Å². The maximum absolute atomic E-state index is 9.00. The smallest absolute Gasteiger partial charge is 0.398 e. The Bertz CT molecular complexity index is 521. The molecule has 0 aliphatic carbocycles. The van der Waals surface area contributed by atoms with Gasteiger partial charge in [-0.25, -0.2) is 4.98 Å². The molecule has 0 amide bonds. The average Bonchev–Trinajstić information content (AvgIpc) is 2.58. The molecule has 100 valence electrons. The monoisotopic (exact) mass is 259 g/mol. The van der Waals surface area contributed by atoms with Crippen molar-refractivity contribution in [3.8, 4) is 6.07 Å². The predicted octanol–water partition coefficient (Wildman–Crippen LogP) is 0.711. The third-order valence-corrected chi connectivity index (χ3v) is 3.75. The molecule has 0 unspecified atom stereocenters. The minimum absolute atomic E-state index is 0.327. The van der Waals surface area contributed by atoms with Gasteiger partial charge in [-0.3, -0.25) is 0 Å². The van der Waals surface area contributed by atoms with Crippen LogP contribution in [0, 0.1) is 11.3 Å². The van der Waals surface area contributed by atoms with Gasteiger partial charge < -0.3 is 15.0 Å². The van der Waals surface area contributed by atoms with Crippen LogP contribution in [-0.2, 0) is 15.9 Å². The van der Waals surface area contributed by atoms with Gasteiger partial charge in [-0.05, 0) is 45.4 Å². The molecule has 0 spiro atoms. The third-order valence-electron chi connectivity index (χ3n) is 3.75. The third kappa shape index (κ3) is 2.50. The van der Waals surface area contributed by atoms with Gasteiger partial charge in [0.05, 0.1) is 16.8 Å². The highest BCUT2D eigenvalue weighted by Gasteiger charge is 2.52. The summed E-state index contributed by atoms with van der Waals surface area (Å²) in [6, 6.07) is 5.53. The fourth-order valence-corrected chi connectivity index (χ4v) is 1.87. The molecule has 1 aliphatic rings. The molecule has 1 aromatic heterocycles. The van der Waals surface area contributed by atoms with Crippen molar-refractivity contribution in [2.45, 2.75) is 45.4 Å². The Hall–Kier alpha value is -1.42. The SMILES string of the molecule is CC1(C)OB(c2cc(CN)cc(C#N)n2)OC1(C)C. The average molecular weight is 259 g/mol. The topological polar surface area (TPSA) is 81.2 Å². The van der Waals surface area contributed by atoms with Gasteiger partial charge >= 0.3 is 7.12 Å². The Balaban J connectivity index is 2.37. The molecule has 1 saturated heterocycles. The lowest BCUT2D eigenvalue weighted by Crippen LogP contribution is -2.41. The Morgan fingerprint density at radius 1 is 1.26 bits per heavy atom. The lowest BCUT2D eigenvalue weighted by Gasteiger charge is -2.32. The van der Waals surface area contributed by atoms with E-state index in [0.717, 1.165) is 5.56 Å². The van der Waals surface area contributed by atoms with E-state index in [9.17, 15) is 0 Å². The predicted molar refractivity (Wildman–Crippen MR) is 72.6 cm³/mol. The number of nitrogens with zero attached hydrogens (tertiary/aromatic N) is 2. The molecule has 1 fully saturated rings. The number of hydrogen-bond donors (Lipinski definition) is 1. The van der Waals surface area contributed by atoms with E-state index in [0.29, 0.717) is 17.8 Å². The zero-order chi connectivity index (χ0) is 14.3. The summed E-state index contributed by atoms with van der Waals surface area (Å²) >= 11 is 0. The first-order chi connectivity index (χ1) is 8.79. The van der Waals surface area contributed by atoms with Gasteiger partial charge in [0.15, 0.2) is 0 Å². The first-order valence-corrected chi connectivity index (χ1v) is 6.26. The standard InChI is InChI=1S/C13H18BN3O2/c1-12(2)13(3,4)19-14(18-12)11-6-9(7-15)5-10(8-16)17-11/h5-6H,7,15H2,1-4H3. The van der Waals surface area contributed by atoms with Crippen LogP contribution in [0.15, 0.2) is 12.1 Å². The molecule has 19 heavy (non-hydrogen) atoms. The minimum Gasteiger partial charge on any atom is -0.398 e. The quantitative estimate of drug-likeness (QED) is 0.791. The first kappa shape index (κ1) is 14.0. The van der Waals surface area contributed by atoms with E-state index in [-0.39, 0.29) is 0 Å². The van der Waals surface area contributed by atoms with Gasteiger partial charge in [0.25, 0.3) is 0 Å². The number of pyridine rings is 1. The van der Waals surface area contributed by atoms with Gasteiger partial charge in [0, 0.05) is 6.54 Å². The molecule has 2 N–H and O–H groups in total. The van der Waals surface area contributed by atoms with Crippen molar-refractivity contribution in [2.75, 3.05) is 0 Å². The molecule has 0 atom stereocenters. The first-order valence-electron chi connectivity index (χ1n) is 6.26. The zero-order valence-corrected chi connectivity index (χ0v) is 11.7. The summed E-state index contributed by atoms with van der Waals surface area (Å²) in [4.78, 5) is 4.25. The number of hydrogen-bond acceptors (Lipinski definition) is 5. The number of nitrogens with two attached hydrogens (primary N) is 1. The Morgan fingerprint density at radius 2 is 1.84 bits per heavy atom. The van der Waals surface area contributed by atoms with E-state index in [1.165, 1.54) is 0 Å². The second kappa shape index (κ2) is 4.60. The summed E-state index contributed by atoms with van der Waals surface area (Å²) in [6.07, 6.45) is 0. The summed E-state index contributed by atoms with van der Waals surface area (Å²) in [5.74, 6) is 0. The summed E-state index contributed by atoms with van der Waals surface area (Å²) in [5, 5.41) is 9.00. The summed E-state index contributed by atoms with van der Waals surface area (Å²) in [7, 11) is -0.566. The van der Waals surface area contributed by atoms with Crippen LogP contribution in [0.5, 0.6) is 0 Å². The lowest BCUT2D eigenvalue weighted by atomic mass is 9.83. The maximum Gasteiger partial charge on any atom is 0.514 e. The molecule has 0 radical (unpaired) electrons. The van der Waals surface area contributed by atoms with Crippen molar-refractivity contribution < 1.29 is 9.31 Å². The molecular formula is C13H18BN3O2. The van der Waals surface area contributed by atoms with E-state index in [1.807, 2.05) is 39.8 Å². The molecule has 2 heterocycles. The fourth-order valence-electron chi connectivity index (χ4n) is 1.87. The van der Waals surface area contributed by atoms with Crippen molar-refractivity contribution in [1.82, 2.24) is 4.98 Å². The van der Waals surface area contributed by atoms with Crippen LogP contribution >= 0.6 is 0 Å². The van der Waals surface area contributed by atoms with Gasteiger partial charge in [-0.1, -0.05) is 0 Å². The van der Waals surface area contributed by atoms with Gasteiger partial charge in [0.1, 0.15) is 11.8 Å². The Kier molecular flexibility index (Phi) is 3.39. The van der Waals surface area contributed by atoms with Crippen LogP contribution in [0.25, 0.3) is 0 Å². The summed E-state index contributed by atoms with van der Waals surface area (Å²) < 4.78 is 11.8. The molecule has 0 saturated carbocycles. The van der Waals surface area contributed by atoms with E-state index in [1.54, 1.807) is 6.07 Å². The summed E-state index contributed by atoms with van der Waals surface area (Å²) in [6.45, 7) is 8.26. The molecule has 0 bridgehead atoms. The molecule has 1 aromatic rings. The van der Waals surface area contributed by atoms with Crippen LogP contribution in [0.2, 0.25) is 0 Å². The van der Waals surface area contributed by atoms with Crippen molar-refractivity contribution in [3.05, 3.63) is 23.4 Å². The molecule has 0 aromatic carbocycles. The number of aromatic nitrogens is 1. The van der Waals surface area contributed by atoms with Crippen molar-refractivity contribution in [2.24, 2.45) is 5.73 Å². The normalized spacial score (nSPS) is 20.3. The fraction of sp³-hybridized carbons (Fsp3) is 0.538. The molecule has 2 rings (SSSR count). The summed E-state index contributed by atoms with van der Waals surface area (Å²) in [5.41, 5.74) is 6.54. The minimum atomic E-state index is -0.566. The zero-order valence-electron chi connectivity index (χ0n) is 11.7. The Labute approximate surface area is 113 Å². The van der Waals surface area contributed by atoms with Gasteiger partial charge in [0.2, 0.25) is 0 Å². The number of rotatable bonds is 2. The second-order valence-electron chi connectivity index (χ2n) is 5.69. The van der Waals surface area contributed by atoms with E-state index >= 15 is 0 Å². The number of nitriles is 1. The van der Waals surface area contributed by atoms with Crippen molar-refractivity contribution in [1.29, 1.82) is 5.26 Å². The van der Waals surface area contributed by atoms with Crippen molar-refractivity contribution in [3.63, 3.8) is 0 Å². The molecule has 5 nitrogen and oxygen atoms in total. The van der Waals surface area contributed by atoms with Crippen LogP contribution < -0.4 is 11.3 Å². The van der Waals surface area contributed by atoms with Crippen LogP contribution in [-0.4, -0.2) is 23.3 Å². The highest BCUT2D eigenvalue weighted by Crippen LogP contribution is 2.36. The highest BCUT2D eigenvalue weighted by atomic mass is 16.7. The van der Waals surface area contributed by atoms with Gasteiger partial charge in [-0.2, -0.15) is 5.26 Å². The van der Waals surface area contributed by atoms with E-state index < -0.39 is 18.3 Å². The lowest BCUT2D eigenvalue weighted by molar-refractivity contribution is 0.00578.